The number of aliphatic hydroxyl groups excluding tert-OH is 1. The summed E-state index contributed by atoms with van der Waals surface area (Å²) in [5.74, 6) is 0.788. The van der Waals surface area contributed by atoms with Crippen LogP contribution in [0.3, 0.4) is 0 Å². The van der Waals surface area contributed by atoms with Crippen LogP contribution in [-0.4, -0.2) is 35.3 Å². The lowest BCUT2D eigenvalue weighted by molar-refractivity contribution is -0.124. The standard InChI is InChI=1S/C18H21ClN2O3/c19-15-7-8-16(18-14(15)2-1-9-20-18)24-11-17(23)21-13-5-3-12(10-22)4-6-13/h1-2,7-9,12-13,22H,3-6,10-11H2,(H,21,23). The second-order valence-electron chi connectivity index (χ2n) is 6.20. The zero-order valence-electron chi connectivity index (χ0n) is 13.4. The molecular formula is C18H21ClN2O3. The Kier molecular flexibility index (Phi) is 5.53. The van der Waals surface area contributed by atoms with Crippen LogP contribution >= 0.6 is 11.6 Å². The van der Waals surface area contributed by atoms with Gasteiger partial charge in [-0.3, -0.25) is 9.78 Å². The van der Waals surface area contributed by atoms with Gasteiger partial charge in [-0.05, 0) is 55.9 Å². The lowest BCUT2D eigenvalue weighted by atomic mass is 9.86. The minimum Gasteiger partial charge on any atom is -0.481 e. The fourth-order valence-corrected chi connectivity index (χ4v) is 3.35. The van der Waals surface area contributed by atoms with E-state index in [9.17, 15) is 4.79 Å². The van der Waals surface area contributed by atoms with Gasteiger partial charge < -0.3 is 15.2 Å². The molecule has 1 heterocycles. The average Bonchev–Trinajstić information content (AvgIpc) is 2.62. The Morgan fingerprint density at radius 2 is 2.08 bits per heavy atom. The largest absolute Gasteiger partial charge is 0.481 e. The van der Waals surface area contributed by atoms with Gasteiger partial charge in [0.1, 0.15) is 11.3 Å². The third-order valence-electron chi connectivity index (χ3n) is 4.51. The molecule has 2 N–H and O–H groups in total. The predicted molar refractivity (Wildman–Crippen MR) is 93.2 cm³/mol. The summed E-state index contributed by atoms with van der Waals surface area (Å²) in [6.07, 6.45) is 5.39. The van der Waals surface area contributed by atoms with Gasteiger partial charge in [0.05, 0.1) is 5.02 Å². The number of nitrogens with zero attached hydrogens (tertiary/aromatic N) is 1. The summed E-state index contributed by atoms with van der Waals surface area (Å²) in [6.45, 7) is 0.188. The predicted octanol–water partition coefficient (Wildman–Crippen LogP) is 2.93. The summed E-state index contributed by atoms with van der Waals surface area (Å²) < 4.78 is 5.65. The highest BCUT2D eigenvalue weighted by atomic mass is 35.5. The number of hydrogen-bond acceptors (Lipinski definition) is 4. The number of benzene rings is 1. The topological polar surface area (TPSA) is 71.5 Å². The van der Waals surface area contributed by atoms with Crippen LogP contribution in [0.25, 0.3) is 10.9 Å². The second-order valence-corrected chi connectivity index (χ2v) is 6.61. The van der Waals surface area contributed by atoms with E-state index in [1.165, 1.54) is 0 Å². The Balaban J connectivity index is 1.56. The van der Waals surface area contributed by atoms with Crippen molar-refractivity contribution in [2.45, 2.75) is 31.7 Å². The van der Waals surface area contributed by atoms with Crippen LogP contribution in [0.1, 0.15) is 25.7 Å². The first-order valence-corrected chi connectivity index (χ1v) is 8.61. The van der Waals surface area contributed by atoms with E-state index in [4.69, 9.17) is 21.4 Å². The van der Waals surface area contributed by atoms with Gasteiger partial charge in [-0.25, -0.2) is 0 Å². The molecule has 24 heavy (non-hydrogen) atoms. The van der Waals surface area contributed by atoms with E-state index in [1.54, 1.807) is 18.3 Å². The molecule has 128 valence electrons. The molecule has 3 rings (SSSR count). The van der Waals surface area contributed by atoms with Crippen LogP contribution in [0.5, 0.6) is 5.75 Å². The summed E-state index contributed by atoms with van der Waals surface area (Å²) in [4.78, 5) is 16.4. The molecule has 0 atom stereocenters. The number of aliphatic hydroxyl groups is 1. The summed E-state index contributed by atoms with van der Waals surface area (Å²) in [5.41, 5.74) is 0.654. The highest BCUT2D eigenvalue weighted by Gasteiger charge is 2.22. The Hall–Kier alpha value is -1.85. The smallest absolute Gasteiger partial charge is 0.258 e. The molecule has 6 heteroatoms. The Labute approximate surface area is 146 Å². The van der Waals surface area contributed by atoms with Gasteiger partial charge in [0.25, 0.3) is 5.91 Å². The van der Waals surface area contributed by atoms with E-state index in [1.807, 2.05) is 12.1 Å². The van der Waals surface area contributed by atoms with Crippen molar-refractivity contribution in [1.29, 1.82) is 0 Å². The number of nitrogens with one attached hydrogen (secondary N) is 1. The van der Waals surface area contributed by atoms with Gasteiger partial charge >= 0.3 is 0 Å². The van der Waals surface area contributed by atoms with E-state index in [-0.39, 0.29) is 25.2 Å². The zero-order valence-corrected chi connectivity index (χ0v) is 14.1. The summed E-state index contributed by atoms with van der Waals surface area (Å²) in [5, 5.41) is 13.6. The van der Waals surface area contributed by atoms with E-state index in [0.29, 0.717) is 22.2 Å². The van der Waals surface area contributed by atoms with Crippen molar-refractivity contribution < 1.29 is 14.6 Å². The molecule has 1 amide bonds. The number of rotatable bonds is 5. The number of carbonyl (C=O) groups excluding carboxylic acids is 1. The number of fused-ring (bicyclic) bond motifs is 1. The first-order chi connectivity index (χ1) is 11.7. The molecular weight excluding hydrogens is 328 g/mol. The van der Waals surface area contributed by atoms with Crippen molar-refractivity contribution in [3.05, 3.63) is 35.5 Å². The molecule has 2 aromatic rings. The molecule has 1 aromatic carbocycles. The van der Waals surface area contributed by atoms with E-state index in [2.05, 4.69) is 10.3 Å². The maximum absolute atomic E-state index is 12.1. The van der Waals surface area contributed by atoms with Gasteiger partial charge in [-0.15, -0.1) is 0 Å². The van der Waals surface area contributed by atoms with Gasteiger partial charge in [0, 0.05) is 24.2 Å². The van der Waals surface area contributed by atoms with Crippen molar-refractivity contribution in [3.8, 4) is 5.75 Å². The molecule has 1 fully saturated rings. The molecule has 0 bridgehead atoms. The highest BCUT2D eigenvalue weighted by molar-refractivity contribution is 6.35. The molecule has 0 unspecified atom stereocenters. The summed E-state index contributed by atoms with van der Waals surface area (Å²) >= 11 is 6.15. The zero-order chi connectivity index (χ0) is 16.9. The lowest BCUT2D eigenvalue weighted by Crippen LogP contribution is -2.40. The molecule has 1 aliphatic rings. The Bertz CT molecular complexity index is 714. The molecule has 0 aliphatic heterocycles. The average molecular weight is 349 g/mol. The van der Waals surface area contributed by atoms with Gasteiger partial charge in [-0.1, -0.05) is 11.6 Å². The molecule has 1 aromatic heterocycles. The highest BCUT2D eigenvalue weighted by Crippen LogP contribution is 2.29. The number of pyridine rings is 1. The SMILES string of the molecule is O=C(COc1ccc(Cl)c2cccnc12)NC1CCC(CO)CC1. The maximum atomic E-state index is 12.1. The Morgan fingerprint density at radius 3 is 2.83 bits per heavy atom. The van der Waals surface area contributed by atoms with E-state index >= 15 is 0 Å². The molecule has 1 saturated carbocycles. The number of hydrogen-bond donors (Lipinski definition) is 2. The van der Waals surface area contributed by atoms with Crippen molar-refractivity contribution >= 4 is 28.4 Å². The van der Waals surface area contributed by atoms with Crippen molar-refractivity contribution in [1.82, 2.24) is 10.3 Å². The number of halogens is 1. The van der Waals surface area contributed by atoms with E-state index < -0.39 is 0 Å². The van der Waals surface area contributed by atoms with Gasteiger partial charge in [-0.2, -0.15) is 0 Å². The third kappa shape index (κ3) is 3.97. The number of carbonyl (C=O) groups is 1. The minimum absolute atomic E-state index is 0.0484. The summed E-state index contributed by atoms with van der Waals surface area (Å²) in [6, 6.07) is 7.33. The molecule has 5 nitrogen and oxygen atoms in total. The summed E-state index contributed by atoms with van der Waals surface area (Å²) in [7, 11) is 0. The first kappa shape index (κ1) is 17.0. The third-order valence-corrected chi connectivity index (χ3v) is 4.84. The van der Waals surface area contributed by atoms with Crippen LogP contribution in [0.2, 0.25) is 5.02 Å². The van der Waals surface area contributed by atoms with Crippen LogP contribution in [0.4, 0.5) is 0 Å². The van der Waals surface area contributed by atoms with Crippen molar-refractivity contribution in [2.75, 3.05) is 13.2 Å². The van der Waals surface area contributed by atoms with Crippen LogP contribution in [0, 0.1) is 5.92 Å². The van der Waals surface area contributed by atoms with Gasteiger partial charge in [0.2, 0.25) is 0 Å². The number of ether oxygens (including phenoxy) is 1. The molecule has 0 saturated heterocycles. The first-order valence-electron chi connectivity index (χ1n) is 8.23. The number of aromatic nitrogens is 1. The van der Waals surface area contributed by atoms with Crippen molar-refractivity contribution in [3.63, 3.8) is 0 Å². The molecule has 0 radical (unpaired) electrons. The molecule has 0 spiro atoms. The molecule has 1 aliphatic carbocycles. The number of amides is 1. The normalized spacial score (nSPS) is 20.8. The van der Waals surface area contributed by atoms with Crippen LogP contribution in [-0.2, 0) is 4.79 Å². The fraction of sp³-hybridized carbons (Fsp3) is 0.444. The van der Waals surface area contributed by atoms with Crippen LogP contribution < -0.4 is 10.1 Å². The van der Waals surface area contributed by atoms with Crippen LogP contribution in [0.15, 0.2) is 30.5 Å². The van der Waals surface area contributed by atoms with Crippen molar-refractivity contribution in [2.24, 2.45) is 5.92 Å². The lowest BCUT2D eigenvalue weighted by Gasteiger charge is -2.27. The fourth-order valence-electron chi connectivity index (χ4n) is 3.13. The minimum atomic E-state index is -0.138. The second kappa shape index (κ2) is 7.81. The van der Waals surface area contributed by atoms with Gasteiger partial charge in [0.15, 0.2) is 6.61 Å². The van der Waals surface area contributed by atoms with E-state index in [0.717, 1.165) is 31.1 Å². The monoisotopic (exact) mass is 348 g/mol. The quantitative estimate of drug-likeness (QED) is 0.871. The maximum Gasteiger partial charge on any atom is 0.258 e. The Morgan fingerprint density at radius 1 is 1.29 bits per heavy atom.